The molecule has 0 unspecified atom stereocenters. The molecule has 6 nitrogen and oxygen atoms in total. The number of hydrogen-bond donors (Lipinski definition) is 1. The van der Waals surface area contributed by atoms with E-state index in [1.54, 1.807) is 6.07 Å². The predicted molar refractivity (Wildman–Crippen MR) is 119 cm³/mol. The summed E-state index contributed by atoms with van der Waals surface area (Å²) in [5, 5.41) is 3.00. The number of rotatable bonds is 7. The zero-order valence-corrected chi connectivity index (χ0v) is 18.8. The minimum atomic E-state index is -3.52. The van der Waals surface area contributed by atoms with Crippen LogP contribution in [-0.2, 0) is 21.2 Å². The van der Waals surface area contributed by atoms with Gasteiger partial charge in [0.25, 0.3) is 0 Å². The van der Waals surface area contributed by atoms with Crippen molar-refractivity contribution in [1.82, 2.24) is 14.5 Å². The molecule has 162 valence electrons. The molecule has 3 rings (SSSR count). The highest BCUT2D eigenvalue weighted by Gasteiger charge is 2.32. The van der Waals surface area contributed by atoms with Crippen molar-refractivity contribution < 1.29 is 13.2 Å². The second kappa shape index (κ2) is 9.73. The lowest BCUT2D eigenvalue weighted by molar-refractivity contribution is -0.126. The van der Waals surface area contributed by atoms with Gasteiger partial charge in [0, 0.05) is 32.7 Å². The summed E-state index contributed by atoms with van der Waals surface area (Å²) in [5.41, 5.74) is 2.88. The van der Waals surface area contributed by atoms with Crippen molar-refractivity contribution in [2.45, 2.75) is 38.1 Å². The number of benzene rings is 2. The standard InChI is InChI=1S/C23H31N3O3S/c1-18-9-10-19(2)22(17-18)30(28,29)26-15-13-25(14-16-26)20(3)23(27)24-12-11-21-7-5-4-6-8-21/h4-10,17,20H,11-16H2,1-3H3,(H,24,27)/t20-/m0/s1. The maximum absolute atomic E-state index is 13.1. The molecule has 1 aliphatic heterocycles. The van der Waals surface area contributed by atoms with Crippen molar-refractivity contribution in [3.05, 3.63) is 65.2 Å². The van der Waals surface area contributed by atoms with Crippen LogP contribution in [-0.4, -0.2) is 62.3 Å². The minimum Gasteiger partial charge on any atom is -0.354 e. The monoisotopic (exact) mass is 429 g/mol. The van der Waals surface area contributed by atoms with E-state index >= 15 is 0 Å². The summed E-state index contributed by atoms with van der Waals surface area (Å²) in [6.07, 6.45) is 0.793. The van der Waals surface area contributed by atoms with E-state index in [9.17, 15) is 13.2 Å². The SMILES string of the molecule is Cc1ccc(C)c(S(=O)(=O)N2CCN([C@@H](C)C(=O)NCCc3ccccc3)CC2)c1. The lowest BCUT2D eigenvalue weighted by atomic mass is 10.1. The van der Waals surface area contributed by atoms with Crippen molar-refractivity contribution >= 4 is 15.9 Å². The highest BCUT2D eigenvalue weighted by atomic mass is 32.2. The molecule has 1 amide bonds. The Balaban J connectivity index is 1.53. The van der Waals surface area contributed by atoms with Crippen LogP contribution in [0.2, 0.25) is 0 Å². The summed E-state index contributed by atoms with van der Waals surface area (Å²) in [7, 11) is -3.52. The Morgan fingerprint density at radius 1 is 1.03 bits per heavy atom. The summed E-state index contributed by atoms with van der Waals surface area (Å²) in [6.45, 7) is 8.04. The Morgan fingerprint density at radius 2 is 1.70 bits per heavy atom. The van der Waals surface area contributed by atoms with E-state index in [2.05, 4.69) is 5.32 Å². The van der Waals surface area contributed by atoms with Gasteiger partial charge in [-0.2, -0.15) is 4.31 Å². The van der Waals surface area contributed by atoms with Crippen molar-refractivity contribution in [2.75, 3.05) is 32.7 Å². The molecule has 1 atom stereocenters. The van der Waals surface area contributed by atoms with Gasteiger partial charge in [-0.25, -0.2) is 8.42 Å². The largest absolute Gasteiger partial charge is 0.354 e. The molecule has 1 heterocycles. The molecule has 0 aliphatic carbocycles. The number of hydrogen-bond acceptors (Lipinski definition) is 4. The molecule has 0 bridgehead atoms. The van der Waals surface area contributed by atoms with Crippen LogP contribution in [0.4, 0.5) is 0 Å². The van der Waals surface area contributed by atoms with E-state index in [4.69, 9.17) is 0 Å². The molecule has 0 radical (unpaired) electrons. The number of piperazine rings is 1. The van der Waals surface area contributed by atoms with Gasteiger partial charge in [0.2, 0.25) is 15.9 Å². The van der Waals surface area contributed by atoms with Gasteiger partial charge in [-0.05, 0) is 49.9 Å². The van der Waals surface area contributed by atoms with E-state index in [-0.39, 0.29) is 11.9 Å². The summed E-state index contributed by atoms with van der Waals surface area (Å²) < 4.78 is 27.7. The predicted octanol–water partition coefficient (Wildman–Crippen LogP) is 2.36. The summed E-state index contributed by atoms with van der Waals surface area (Å²) in [6, 6.07) is 15.3. The molecule has 1 fully saturated rings. The van der Waals surface area contributed by atoms with Gasteiger partial charge in [0.15, 0.2) is 0 Å². The van der Waals surface area contributed by atoms with E-state index in [0.29, 0.717) is 37.6 Å². The van der Waals surface area contributed by atoms with Crippen LogP contribution in [0, 0.1) is 13.8 Å². The van der Waals surface area contributed by atoms with Crippen LogP contribution in [0.5, 0.6) is 0 Å². The Morgan fingerprint density at radius 3 is 2.37 bits per heavy atom. The van der Waals surface area contributed by atoms with E-state index in [0.717, 1.165) is 17.5 Å². The molecule has 0 saturated carbocycles. The summed E-state index contributed by atoms with van der Waals surface area (Å²) in [4.78, 5) is 15.0. The smallest absolute Gasteiger partial charge is 0.243 e. The molecule has 0 spiro atoms. The summed E-state index contributed by atoms with van der Waals surface area (Å²) in [5.74, 6) is -0.0169. The molecule has 2 aromatic carbocycles. The molecule has 1 saturated heterocycles. The quantitative estimate of drug-likeness (QED) is 0.734. The van der Waals surface area contributed by atoms with E-state index in [1.807, 2.05) is 68.1 Å². The van der Waals surface area contributed by atoms with Gasteiger partial charge in [0.05, 0.1) is 10.9 Å². The van der Waals surface area contributed by atoms with Crippen molar-refractivity contribution in [3.63, 3.8) is 0 Å². The molecule has 1 N–H and O–H groups in total. The van der Waals surface area contributed by atoms with Crippen LogP contribution in [0.15, 0.2) is 53.4 Å². The van der Waals surface area contributed by atoms with E-state index < -0.39 is 10.0 Å². The maximum Gasteiger partial charge on any atom is 0.243 e. The first-order valence-corrected chi connectivity index (χ1v) is 11.9. The average molecular weight is 430 g/mol. The topological polar surface area (TPSA) is 69.7 Å². The molecule has 2 aromatic rings. The van der Waals surface area contributed by atoms with Crippen LogP contribution >= 0.6 is 0 Å². The number of aryl methyl sites for hydroxylation is 2. The van der Waals surface area contributed by atoms with Crippen LogP contribution in [0.3, 0.4) is 0 Å². The third-order valence-electron chi connectivity index (χ3n) is 5.72. The third kappa shape index (κ3) is 5.28. The van der Waals surface area contributed by atoms with Crippen molar-refractivity contribution in [3.8, 4) is 0 Å². The maximum atomic E-state index is 13.1. The first-order chi connectivity index (χ1) is 14.3. The number of sulfonamides is 1. The van der Waals surface area contributed by atoms with Gasteiger partial charge in [-0.15, -0.1) is 0 Å². The second-order valence-corrected chi connectivity index (χ2v) is 9.82. The first kappa shape index (κ1) is 22.5. The van der Waals surface area contributed by atoms with Crippen molar-refractivity contribution in [2.24, 2.45) is 0 Å². The fourth-order valence-corrected chi connectivity index (χ4v) is 5.48. The number of nitrogens with one attached hydrogen (secondary N) is 1. The summed E-state index contributed by atoms with van der Waals surface area (Å²) >= 11 is 0. The van der Waals surface area contributed by atoms with Gasteiger partial charge in [-0.1, -0.05) is 42.5 Å². The molecular weight excluding hydrogens is 398 g/mol. The van der Waals surface area contributed by atoms with Crippen molar-refractivity contribution in [1.29, 1.82) is 0 Å². The molecule has 0 aromatic heterocycles. The molecule has 30 heavy (non-hydrogen) atoms. The number of carbonyl (C=O) groups excluding carboxylic acids is 1. The Labute approximate surface area is 179 Å². The lowest BCUT2D eigenvalue weighted by Gasteiger charge is -2.37. The van der Waals surface area contributed by atoms with E-state index in [1.165, 1.54) is 9.87 Å². The zero-order chi connectivity index (χ0) is 21.7. The zero-order valence-electron chi connectivity index (χ0n) is 18.0. The van der Waals surface area contributed by atoms with Gasteiger partial charge >= 0.3 is 0 Å². The second-order valence-electron chi connectivity index (χ2n) is 7.91. The van der Waals surface area contributed by atoms with Crippen LogP contribution < -0.4 is 5.32 Å². The highest BCUT2D eigenvalue weighted by molar-refractivity contribution is 7.89. The van der Waals surface area contributed by atoms with Crippen LogP contribution in [0.1, 0.15) is 23.6 Å². The Bertz CT molecular complexity index is 968. The number of nitrogens with zero attached hydrogens (tertiary/aromatic N) is 2. The van der Waals surface area contributed by atoms with Gasteiger partial charge in [-0.3, -0.25) is 9.69 Å². The number of carbonyl (C=O) groups is 1. The van der Waals surface area contributed by atoms with Crippen LogP contribution in [0.25, 0.3) is 0 Å². The fourth-order valence-electron chi connectivity index (χ4n) is 3.74. The van der Waals surface area contributed by atoms with Gasteiger partial charge < -0.3 is 5.32 Å². The first-order valence-electron chi connectivity index (χ1n) is 10.4. The molecule has 7 heteroatoms. The lowest BCUT2D eigenvalue weighted by Crippen LogP contribution is -2.55. The normalized spacial score (nSPS) is 16.9. The Hall–Kier alpha value is -2.22. The fraction of sp³-hybridized carbons (Fsp3) is 0.435. The average Bonchev–Trinajstić information content (AvgIpc) is 2.75. The highest BCUT2D eigenvalue weighted by Crippen LogP contribution is 2.22. The Kier molecular flexibility index (Phi) is 7.28. The molecule has 1 aliphatic rings. The minimum absolute atomic E-state index is 0.0169. The van der Waals surface area contributed by atoms with Gasteiger partial charge in [0.1, 0.15) is 0 Å². The molecular formula is C23H31N3O3S. The number of amides is 1. The third-order valence-corrected chi connectivity index (χ3v) is 7.76.